The van der Waals surface area contributed by atoms with Gasteiger partial charge in [0.2, 0.25) is 0 Å². The molecule has 0 bridgehead atoms. The van der Waals surface area contributed by atoms with Crippen molar-refractivity contribution in [2.24, 2.45) is 0 Å². The van der Waals surface area contributed by atoms with Gasteiger partial charge in [0.15, 0.2) is 5.82 Å². The van der Waals surface area contributed by atoms with Gasteiger partial charge in [-0.25, -0.2) is 14.1 Å². The number of benzene rings is 1. The second kappa shape index (κ2) is 5.27. The van der Waals surface area contributed by atoms with Crippen molar-refractivity contribution < 1.29 is 9.13 Å². The van der Waals surface area contributed by atoms with E-state index < -0.39 is 0 Å². The molecule has 0 saturated carbocycles. The van der Waals surface area contributed by atoms with E-state index in [1.54, 1.807) is 16.8 Å². The Hall–Kier alpha value is -1.43. The third-order valence-electron chi connectivity index (χ3n) is 2.25. The predicted octanol–water partition coefficient (Wildman–Crippen LogP) is 2.78. The van der Waals surface area contributed by atoms with Crippen LogP contribution in [0.15, 0.2) is 29.0 Å². The number of hydrogen-bond donors (Lipinski definition) is 0. The smallest absolute Gasteiger partial charge is 0.164 e. The molecule has 6 heteroatoms. The van der Waals surface area contributed by atoms with Gasteiger partial charge in [0.1, 0.15) is 24.5 Å². The maximum absolute atomic E-state index is 13.0. The van der Waals surface area contributed by atoms with Crippen LogP contribution < -0.4 is 4.74 Å². The van der Waals surface area contributed by atoms with Crippen LogP contribution in [0.1, 0.15) is 12.7 Å². The van der Waals surface area contributed by atoms with Gasteiger partial charge in [0.25, 0.3) is 0 Å². The maximum atomic E-state index is 13.0. The molecule has 0 amide bonds. The molecule has 1 aromatic carbocycles. The fraction of sp³-hybridized carbons (Fsp3) is 0.273. The van der Waals surface area contributed by atoms with Crippen LogP contribution in [0.4, 0.5) is 4.39 Å². The maximum Gasteiger partial charge on any atom is 0.164 e. The highest BCUT2D eigenvalue weighted by Crippen LogP contribution is 2.22. The number of aromatic nitrogens is 3. The number of halogens is 2. The second-order valence-corrected chi connectivity index (χ2v) is 4.21. The minimum atomic E-state index is -0.311. The molecule has 0 N–H and O–H groups in total. The summed E-state index contributed by atoms with van der Waals surface area (Å²) < 4.78 is 20.6. The van der Waals surface area contributed by atoms with Crippen LogP contribution in [0.3, 0.4) is 0 Å². The van der Waals surface area contributed by atoms with Gasteiger partial charge in [0, 0.05) is 6.54 Å². The van der Waals surface area contributed by atoms with Gasteiger partial charge >= 0.3 is 0 Å². The molecule has 0 aliphatic carbocycles. The van der Waals surface area contributed by atoms with E-state index in [1.165, 1.54) is 12.4 Å². The largest absolute Gasteiger partial charge is 0.486 e. The van der Waals surface area contributed by atoms with Crippen LogP contribution in [0.5, 0.6) is 5.75 Å². The fourth-order valence-electron chi connectivity index (χ4n) is 1.38. The van der Waals surface area contributed by atoms with E-state index >= 15 is 0 Å². The Morgan fingerprint density at radius 3 is 3.00 bits per heavy atom. The van der Waals surface area contributed by atoms with Gasteiger partial charge in [-0.05, 0) is 41.1 Å². The lowest BCUT2D eigenvalue weighted by Gasteiger charge is -2.07. The topological polar surface area (TPSA) is 39.9 Å². The minimum Gasteiger partial charge on any atom is -0.486 e. The van der Waals surface area contributed by atoms with Crippen LogP contribution in [-0.2, 0) is 13.2 Å². The normalized spacial score (nSPS) is 10.5. The van der Waals surface area contributed by atoms with Crippen LogP contribution in [0, 0.1) is 5.82 Å². The molecule has 17 heavy (non-hydrogen) atoms. The van der Waals surface area contributed by atoms with E-state index in [4.69, 9.17) is 4.74 Å². The standard InChI is InChI=1S/C11H11BrFN3O/c1-2-16-11(14-7-15-16)6-17-8-3-4-10(13)9(12)5-8/h3-5,7H,2,6H2,1H3. The molecule has 0 atom stereocenters. The molecule has 0 fully saturated rings. The third-order valence-corrected chi connectivity index (χ3v) is 2.86. The van der Waals surface area contributed by atoms with Crippen molar-refractivity contribution in [2.75, 3.05) is 0 Å². The molecule has 4 nitrogen and oxygen atoms in total. The summed E-state index contributed by atoms with van der Waals surface area (Å²) in [6.45, 7) is 3.03. The lowest BCUT2D eigenvalue weighted by Crippen LogP contribution is -2.07. The SMILES string of the molecule is CCn1ncnc1COc1ccc(F)c(Br)c1. The molecular formula is C11H11BrFN3O. The minimum absolute atomic E-state index is 0.311. The first-order valence-electron chi connectivity index (χ1n) is 5.15. The van der Waals surface area contributed by atoms with Crippen molar-refractivity contribution in [3.63, 3.8) is 0 Å². The van der Waals surface area contributed by atoms with Gasteiger partial charge in [0.05, 0.1) is 4.47 Å². The number of hydrogen-bond acceptors (Lipinski definition) is 3. The Balaban J connectivity index is 2.05. The molecule has 0 unspecified atom stereocenters. The summed E-state index contributed by atoms with van der Waals surface area (Å²) >= 11 is 3.10. The van der Waals surface area contributed by atoms with Gasteiger partial charge in [-0.2, -0.15) is 5.10 Å². The first-order chi connectivity index (χ1) is 8.20. The number of aryl methyl sites for hydroxylation is 1. The summed E-state index contributed by atoms with van der Waals surface area (Å²) in [6, 6.07) is 4.51. The van der Waals surface area contributed by atoms with E-state index in [9.17, 15) is 4.39 Å². The number of nitrogens with zero attached hydrogens (tertiary/aromatic N) is 3. The highest BCUT2D eigenvalue weighted by atomic mass is 79.9. The zero-order chi connectivity index (χ0) is 12.3. The Labute approximate surface area is 107 Å². The summed E-state index contributed by atoms with van der Waals surface area (Å²) in [5.41, 5.74) is 0. The highest BCUT2D eigenvalue weighted by molar-refractivity contribution is 9.10. The van der Waals surface area contributed by atoms with Crippen molar-refractivity contribution in [1.82, 2.24) is 14.8 Å². The lowest BCUT2D eigenvalue weighted by atomic mass is 10.3. The van der Waals surface area contributed by atoms with E-state index in [-0.39, 0.29) is 5.82 Å². The lowest BCUT2D eigenvalue weighted by molar-refractivity contribution is 0.286. The Morgan fingerprint density at radius 1 is 1.47 bits per heavy atom. The Bertz CT molecular complexity index is 515. The molecule has 0 aliphatic rings. The summed E-state index contributed by atoms with van der Waals surface area (Å²) in [6.07, 6.45) is 1.49. The molecule has 0 spiro atoms. The zero-order valence-corrected chi connectivity index (χ0v) is 10.8. The average molecular weight is 300 g/mol. The monoisotopic (exact) mass is 299 g/mol. The van der Waals surface area contributed by atoms with Crippen molar-refractivity contribution in [3.05, 3.63) is 40.6 Å². The molecule has 1 heterocycles. The third kappa shape index (κ3) is 2.82. The Kier molecular flexibility index (Phi) is 3.73. The first kappa shape index (κ1) is 12.0. The van der Waals surface area contributed by atoms with E-state index in [0.29, 0.717) is 16.8 Å². The van der Waals surface area contributed by atoms with Crippen molar-refractivity contribution >= 4 is 15.9 Å². The first-order valence-corrected chi connectivity index (χ1v) is 5.94. The summed E-state index contributed by atoms with van der Waals surface area (Å²) in [4.78, 5) is 4.08. The van der Waals surface area contributed by atoms with Crippen molar-refractivity contribution in [1.29, 1.82) is 0 Å². The quantitative estimate of drug-likeness (QED) is 0.871. The molecule has 2 aromatic rings. The van der Waals surface area contributed by atoms with E-state index in [0.717, 1.165) is 12.4 Å². The van der Waals surface area contributed by atoms with Gasteiger partial charge in [-0.1, -0.05) is 0 Å². The number of rotatable bonds is 4. The molecule has 2 rings (SSSR count). The van der Waals surface area contributed by atoms with Gasteiger partial charge in [-0.3, -0.25) is 0 Å². The van der Waals surface area contributed by atoms with E-state index in [2.05, 4.69) is 26.0 Å². The van der Waals surface area contributed by atoms with Gasteiger partial charge in [-0.15, -0.1) is 0 Å². The molecule has 1 aromatic heterocycles. The van der Waals surface area contributed by atoms with Crippen LogP contribution in [0.25, 0.3) is 0 Å². The zero-order valence-electron chi connectivity index (χ0n) is 9.23. The number of ether oxygens (including phenoxy) is 1. The van der Waals surface area contributed by atoms with Crippen molar-refractivity contribution in [3.8, 4) is 5.75 Å². The molecular weight excluding hydrogens is 289 g/mol. The highest BCUT2D eigenvalue weighted by Gasteiger charge is 2.05. The average Bonchev–Trinajstić information content (AvgIpc) is 2.78. The second-order valence-electron chi connectivity index (χ2n) is 3.36. The van der Waals surface area contributed by atoms with Crippen LogP contribution >= 0.6 is 15.9 Å². The summed E-state index contributed by atoms with van der Waals surface area (Å²) in [7, 11) is 0. The molecule has 0 aliphatic heterocycles. The van der Waals surface area contributed by atoms with Crippen molar-refractivity contribution in [2.45, 2.75) is 20.1 Å². The molecule has 90 valence electrons. The van der Waals surface area contributed by atoms with Crippen LogP contribution in [-0.4, -0.2) is 14.8 Å². The van der Waals surface area contributed by atoms with Crippen LogP contribution in [0.2, 0.25) is 0 Å². The Morgan fingerprint density at radius 2 is 2.29 bits per heavy atom. The fourth-order valence-corrected chi connectivity index (χ4v) is 1.74. The molecule has 0 saturated heterocycles. The molecule has 0 radical (unpaired) electrons. The van der Waals surface area contributed by atoms with Gasteiger partial charge < -0.3 is 4.74 Å². The van der Waals surface area contributed by atoms with E-state index in [1.807, 2.05) is 6.92 Å². The summed E-state index contributed by atoms with van der Waals surface area (Å²) in [5, 5.41) is 4.03. The predicted molar refractivity (Wildman–Crippen MR) is 64.1 cm³/mol. The summed E-state index contributed by atoms with van der Waals surface area (Å²) in [5.74, 6) is 1.02.